The highest BCUT2D eigenvalue weighted by Gasteiger charge is 2.09. The minimum atomic E-state index is -3.40. The van der Waals surface area contributed by atoms with Crippen LogP contribution in [0.4, 0.5) is 0 Å². The van der Waals surface area contributed by atoms with Crippen molar-refractivity contribution in [1.29, 1.82) is 0 Å². The molecule has 5 nitrogen and oxygen atoms in total. The van der Waals surface area contributed by atoms with Crippen molar-refractivity contribution in [2.75, 3.05) is 21.3 Å². The van der Waals surface area contributed by atoms with Gasteiger partial charge in [0.1, 0.15) is 17.2 Å². The topological polar surface area (TPSA) is 61.8 Å². The second-order valence-corrected chi connectivity index (χ2v) is 6.95. The highest BCUT2D eigenvalue weighted by atomic mass is 32.2. The fraction of sp³-hybridized carbons (Fsp3) is 0.222. The van der Waals surface area contributed by atoms with Gasteiger partial charge in [-0.05, 0) is 35.9 Å². The van der Waals surface area contributed by atoms with Crippen molar-refractivity contribution < 1.29 is 22.6 Å². The molecule has 24 heavy (non-hydrogen) atoms. The highest BCUT2D eigenvalue weighted by molar-refractivity contribution is 7.93. The third-order valence-electron chi connectivity index (χ3n) is 3.42. The van der Waals surface area contributed by atoms with Crippen LogP contribution in [-0.2, 0) is 15.6 Å². The first-order valence-corrected chi connectivity index (χ1v) is 8.95. The summed E-state index contributed by atoms with van der Waals surface area (Å²) in [6.45, 7) is 0. The summed E-state index contributed by atoms with van der Waals surface area (Å²) in [5.74, 6) is 1.80. The molecule has 0 aliphatic rings. The fourth-order valence-electron chi connectivity index (χ4n) is 2.14. The normalized spacial score (nSPS) is 11.5. The van der Waals surface area contributed by atoms with Gasteiger partial charge >= 0.3 is 0 Å². The second-order valence-electron chi connectivity index (χ2n) is 5.07. The van der Waals surface area contributed by atoms with Gasteiger partial charge in [0.05, 0.1) is 27.1 Å². The summed E-state index contributed by atoms with van der Waals surface area (Å²) >= 11 is 0. The molecule has 0 fully saturated rings. The highest BCUT2D eigenvalue weighted by Crippen LogP contribution is 2.26. The van der Waals surface area contributed by atoms with Gasteiger partial charge in [-0.2, -0.15) is 0 Å². The Morgan fingerprint density at radius 3 is 2.08 bits per heavy atom. The predicted molar refractivity (Wildman–Crippen MR) is 94.2 cm³/mol. The van der Waals surface area contributed by atoms with E-state index in [2.05, 4.69) is 0 Å². The first-order chi connectivity index (χ1) is 11.5. The number of rotatable bonds is 7. The van der Waals surface area contributed by atoms with Gasteiger partial charge < -0.3 is 14.2 Å². The van der Waals surface area contributed by atoms with Crippen LogP contribution in [0.1, 0.15) is 11.1 Å². The molecule has 0 amide bonds. The van der Waals surface area contributed by atoms with Crippen LogP contribution >= 0.6 is 0 Å². The molecule has 0 aromatic heterocycles. The molecule has 0 saturated heterocycles. The van der Waals surface area contributed by atoms with Crippen molar-refractivity contribution in [3.8, 4) is 17.2 Å². The van der Waals surface area contributed by atoms with E-state index in [0.717, 1.165) is 0 Å². The molecule has 0 unspecified atom stereocenters. The smallest absolute Gasteiger partial charge is 0.175 e. The lowest BCUT2D eigenvalue weighted by Crippen LogP contribution is -2.00. The Labute approximate surface area is 142 Å². The average Bonchev–Trinajstić information content (AvgIpc) is 2.60. The Balaban J connectivity index is 2.17. The zero-order chi connectivity index (χ0) is 17.6. The number of methoxy groups -OCH3 is 3. The zero-order valence-electron chi connectivity index (χ0n) is 13.9. The van der Waals surface area contributed by atoms with E-state index in [1.807, 2.05) is 0 Å². The van der Waals surface area contributed by atoms with Gasteiger partial charge in [0.2, 0.25) is 0 Å². The summed E-state index contributed by atoms with van der Waals surface area (Å²) in [5.41, 5.74) is 1.36. The lowest BCUT2D eigenvalue weighted by Gasteiger charge is -2.07. The largest absolute Gasteiger partial charge is 0.497 e. The molecule has 2 aromatic rings. The van der Waals surface area contributed by atoms with Crippen LogP contribution in [0.15, 0.2) is 47.9 Å². The molecule has 2 rings (SSSR count). The van der Waals surface area contributed by atoms with E-state index in [1.165, 1.54) is 18.6 Å². The number of hydrogen-bond acceptors (Lipinski definition) is 5. The number of sulfone groups is 1. The molecule has 0 saturated carbocycles. The molecule has 6 heteroatoms. The van der Waals surface area contributed by atoms with Gasteiger partial charge in [-0.1, -0.05) is 12.1 Å². The first-order valence-electron chi connectivity index (χ1n) is 7.23. The van der Waals surface area contributed by atoms with Crippen molar-refractivity contribution in [3.05, 3.63) is 59.0 Å². The molecule has 0 radical (unpaired) electrons. The van der Waals surface area contributed by atoms with Crippen molar-refractivity contribution >= 4 is 15.9 Å². The molecular formula is C18H20O5S. The zero-order valence-corrected chi connectivity index (χ0v) is 14.7. The minimum Gasteiger partial charge on any atom is -0.497 e. The summed E-state index contributed by atoms with van der Waals surface area (Å²) in [6.07, 6.45) is 1.52. The monoisotopic (exact) mass is 348 g/mol. The summed E-state index contributed by atoms with van der Waals surface area (Å²) in [4.78, 5) is 0. The molecule has 128 valence electrons. The van der Waals surface area contributed by atoms with Gasteiger partial charge in [-0.15, -0.1) is 0 Å². The summed E-state index contributed by atoms with van der Waals surface area (Å²) in [6, 6.07) is 12.1. The van der Waals surface area contributed by atoms with Crippen LogP contribution < -0.4 is 14.2 Å². The Morgan fingerprint density at radius 1 is 0.875 bits per heavy atom. The fourth-order valence-corrected chi connectivity index (χ4v) is 3.24. The maximum absolute atomic E-state index is 12.3. The van der Waals surface area contributed by atoms with Gasteiger partial charge in [0.15, 0.2) is 9.84 Å². The first kappa shape index (κ1) is 17.9. The summed E-state index contributed by atoms with van der Waals surface area (Å²) in [5, 5.41) is 1.20. The Hall–Kier alpha value is -2.47. The van der Waals surface area contributed by atoms with Crippen LogP contribution in [0.3, 0.4) is 0 Å². The van der Waals surface area contributed by atoms with Gasteiger partial charge in [0, 0.05) is 17.0 Å². The standard InChI is InChI=1S/C18H20O5S/c1-21-16-7-4-14(5-8-16)13-24(19,20)11-10-15-6-9-17(22-2)12-18(15)23-3/h4-12H,13H2,1-3H3/b11-10+. The van der Waals surface area contributed by atoms with Gasteiger partial charge in [-0.3, -0.25) is 0 Å². The van der Waals surface area contributed by atoms with Crippen molar-refractivity contribution in [2.45, 2.75) is 5.75 Å². The van der Waals surface area contributed by atoms with Crippen molar-refractivity contribution in [1.82, 2.24) is 0 Å². The molecule has 0 bridgehead atoms. The van der Waals surface area contributed by atoms with Crippen LogP contribution in [0.25, 0.3) is 6.08 Å². The SMILES string of the molecule is COc1ccc(CS(=O)(=O)/C=C/c2ccc(OC)cc2OC)cc1. The quantitative estimate of drug-likeness (QED) is 0.768. The maximum Gasteiger partial charge on any atom is 0.175 e. The number of benzene rings is 2. The molecular weight excluding hydrogens is 328 g/mol. The van der Waals surface area contributed by atoms with Gasteiger partial charge in [0.25, 0.3) is 0 Å². The van der Waals surface area contributed by atoms with Crippen LogP contribution in [0.5, 0.6) is 17.2 Å². The maximum atomic E-state index is 12.3. The third-order valence-corrected chi connectivity index (χ3v) is 4.71. The van der Waals surface area contributed by atoms with E-state index in [1.54, 1.807) is 56.7 Å². The second kappa shape index (κ2) is 7.88. The third kappa shape index (κ3) is 4.76. The van der Waals surface area contributed by atoms with E-state index in [-0.39, 0.29) is 5.75 Å². The Bertz CT molecular complexity index is 808. The molecule has 0 aliphatic carbocycles. The van der Waals surface area contributed by atoms with Gasteiger partial charge in [-0.25, -0.2) is 8.42 Å². The van der Waals surface area contributed by atoms with E-state index in [0.29, 0.717) is 28.4 Å². The number of ether oxygens (including phenoxy) is 3. The summed E-state index contributed by atoms with van der Waals surface area (Å²) < 4.78 is 40.0. The summed E-state index contributed by atoms with van der Waals surface area (Å²) in [7, 11) is 1.25. The molecule has 0 N–H and O–H groups in total. The number of hydrogen-bond donors (Lipinski definition) is 0. The predicted octanol–water partition coefficient (Wildman–Crippen LogP) is 3.30. The molecule has 0 aliphatic heterocycles. The van der Waals surface area contributed by atoms with Crippen LogP contribution in [-0.4, -0.2) is 29.7 Å². The van der Waals surface area contributed by atoms with E-state index in [9.17, 15) is 8.42 Å². The molecule has 0 heterocycles. The lowest BCUT2D eigenvalue weighted by molar-refractivity contribution is 0.394. The molecule has 0 atom stereocenters. The van der Waals surface area contributed by atoms with Crippen LogP contribution in [0, 0.1) is 0 Å². The van der Waals surface area contributed by atoms with E-state index >= 15 is 0 Å². The molecule has 2 aromatic carbocycles. The average molecular weight is 348 g/mol. The lowest BCUT2D eigenvalue weighted by atomic mass is 10.2. The van der Waals surface area contributed by atoms with Crippen LogP contribution in [0.2, 0.25) is 0 Å². The Morgan fingerprint density at radius 2 is 1.50 bits per heavy atom. The van der Waals surface area contributed by atoms with Crippen molar-refractivity contribution in [3.63, 3.8) is 0 Å². The minimum absolute atomic E-state index is 0.0774. The molecule has 0 spiro atoms. The van der Waals surface area contributed by atoms with E-state index in [4.69, 9.17) is 14.2 Å². The van der Waals surface area contributed by atoms with Crippen molar-refractivity contribution in [2.24, 2.45) is 0 Å². The van der Waals surface area contributed by atoms with E-state index < -0.39 is 9.84 Å². The Kier molecular flexibility index (Phi) is 5.87.